The normalized spacial score (nSPS) is 33.4. The smallest absolute Gasteiger partial charge is 0.387 e. The molecule has 2 atom stereocenters. The lowest BCUT2D eigenvalue weighted by molar-refractivity contribution is -0.0498. The number of fused-ring (bicyclic) bond motifs is 1. The number of benzene rings is 1. The summed E-state index contributed by atoms with van der Waals surface area (Å²) in [5.74, 6) is 1.10. The fourth-order valence-corrected chi connectivity index (χ4v) is 3.24. The van der Waals surface area contributed by atoms with Gasteiger partial charge in [-0.05, 0) is 49.8 Å². The van der Waals surface area contributed by atoms with E-state index in [1.54, 1.807) is 12.1 Å². The molecule has 4 nitrogen and oxygen atoms in total. The minimum Gasteiger partial charge on any atom is -0.435 e. The summed E-state index contributed by atoms with van der Waals surface area (Å²) in [6, 6.07) is 8.52. The van der Waals surface area contributed by atoms with E-state index < -0.39 is 12.0 Å². The number of aliphatic hydroxyl groups excluding tert-OH is 1. The van der Waals surface area contributed by atoms with Gasteiger partial charge in [-0.25, -0.2) is 0 Å². The maximum atomic E-state index is 12.1. The Labute approximate surface area is 140 Å². The molecule has 6 heteroatoms. The Morgan fingerprint density at radius 3 is 2.25 bits per heavy atom. The van der Waals surface area contributed by atoms with Gasteiger partial charge in [0.05, 0.1) is 30.3 Å². The van der Waals surface area contributed by atoms with Crippen LogP contribution in [-0.4, -0.2) is 30.5 Å². The molecule has 0 aromatic heterocycles. The summed E-state index contributed by atoms with van der Waals surface area (Å²) < 4.78 is 33.4. The number of nitrogens with zero attached hydrogens (tertiary/aromatic N) is 1. The molecule has 4 rings (SSSR count). The Bertz CT molecular complexity index is 579. The van der Waals surface area contributed by atoms with Gasteiger partial charge in [-0.3, -0.25) is 0 Å². The monoisotopic (exact) mass is 337 g/mol. The predicted molar refractivity (Wildman–Crippen MR) is 82.7 cm³/mol. The summed E-state index contributed by atoms with van der Waals surface area (Å²) in [6.07, 6.45) is 4.09. The number of nitriles is 1. The molecule has 24 heavy (non-hydrogen) atoms. The zero-order valence-corrected chi connectivity index (χ0v) is 13.3. The third-order valence-electron chi connectivity index (χ3n) is 5.04. The van der Waals surface area contributed by atoms with Crippen LogP contribution in [0.5, 0.6) is 5.75 Å². The van der Waals surface area contributed by atoms with Gasteiger partial charge in [0, 0.05) is 5.92 Å². The number of rotatable bonds is 3. The molecule has 1 saturated heterocycles. The number of alkyl halides is 2. The van der Waals surface area contributed by atoms with Gasteiger partial charge in [0.25, 0.3) is 0 Å². The fraction of sp³-hybridized carbons (Fsp3) is 0.611. The maximum absolute atomic E-state index is 12.1. The van der Waals surface area contributed by atoms with Crippen molar-refractivity contribution in [2.24, 2.45) is 5.92 Å². The Kier molecular flexibility index (Phi) is 5.02. The predicted octanol–water partition coefficient (Wildman–Crippen LogP) is 3.39. The van der Waals surface area contributed by atoms with Crippen molar-refractivity contribution in [3.63, 3.8) is 0 Å². The molecular weight excluding hydrogens is 316 g/mol. The largest absolute Gasteiger partial charge is 0.435 e. The van der Waals surface area contributed by atoms with Gasteiger partial charge in [-0.1, -0.05) is 12.1 Å². The van der Waals surface area contributed by atoms with Crippen LogP contribution in [-0.2, 0) is 10.2 Å². The molecule has 130 valence electrons. The van der Waals surface area contributed by atoms with Crippen LogP contribution in [0, 0.1) is 17.2 Å². The van der Waals surface area contributed by atoms with Crippen LogP contribution in [0.25, 0.3) is 0 Å². The molecular formula is C18H21F2NO3. The quantitative estimate of drug-likeness (QED) is 0.918. The molecule has 2 saturated carbocycles. The first-order chi connectivity index (χ1) is 11.5. The van der Waals surface area contributed by atoms with E-state index in [9.17, 15) is 19.1 Å². The highest BCUT2D eigenvalue weighted by molar-refractivity contribution is 5.37. The van der Waals surface area contributed by atoms with Crippen LogP contribution in [0.2, 0.25) is 0 Å². The van der Waals surface area contributed by atoms with Crippen molar-refractivity contribution >= 4 is 0 Å². The van der Waals surface area contributed by atoms with E-state index in [0.29, 0.717) is 25.7 Å². The van der Waals surface area contributed by atoms with Gasteiger partial charge in [0.15, 0.2) is 0 Å². The maximum Gasteiger partial charge on any atom is 0.387 e. The SMILES string of the molecule is C1OC2CC12.N#CC1(c2ccc(OC(F)F)cc2)CCC(O)CC1. The van der Waals surface area contributed by atoms with Gasteiger partial charge < -0.3 is 14.6 Å². The van der Waals surface area contributed by atoms with E-state index in [1.165, 1.54) is 18.6 Å². The second kappa shape index (κ2) is 7.04. The van der Waals surface area contributed by atoms with Crippen molar-refractivity contribution in [3.8, 4) is 11.8 Å². The Hall–Kier alpha value is -1.71. The van der Waals surface area contributed by atoms with Crippen LogP contribution < -0.4 is 4.74 Å². The van der Waals surface area contributed by atoms with Gasteiger partial charge in [-0.15, -0.1) is 0 Å². The highest BCUT2D eigenvalue weighted by atomic mass is 19.3. The zero-order chi connectivity index (χ0) is 17.2. The highest BCUT2D eigenvalue weighted by Crippen LogP contribution is 2.42. The molecule has 3 aliphatic rings. The highest BCUT2D eigenvalue weighted by Gasteiger charge is 2.46. The summed E-state index contributed by atoms with van der Waals surface area (Å²) in [4.78, 5) is 0. The van der Waals surface area contributed by atoms with E-state index >= 15 is 0 Å². The second-order valence-electron chi connectivity index (χ2n) is 6.70. The van der Waals surface area contributed by atoms with Crippen molar-refractivity contribution in [1.29, 1.82) is 5.26 Å². The first-order valence-electron chi connectivity index (χ1n) is 8.29. The number of aliphatic hydroxyl groups is 1. The van der Waals surface area contributed by atoms with Gasteiger partial charge in [-0.2, -0.15) is 14.0 Å². The Morgan fingerprint density at radius 1 is 1.25 bits per heavy atom. The number of halogens is 2. The molecule has 1 aliphatic heterocycles. The molecule has 1 heterocycles. The van der Waals surface area contributed by atoms with E-state index in [-0.39, 0.29) is 11.9 Å². The Morgan fingerprint density at radius 2 is 1.88 bits per heavy atom. The number of ether oxygens (including phenoxy) is 2. The molecule has 3 fully saturated rings. The van der Waals surface area contributed by atoms with Gasteiger partial charge in [0.1, 0.15) is 5.75 Å². The van der Waals surface area contributed by atoms with Crippen LogP contribution in [0.3, 0.4) is 0 Å². The van der Waals surface area contributed by atoms with Gasteiger partial charge in [0.2, 0.25) is 0 Å². The van der Waals surface area contributed by atoms with Gasteiger partial charge >= 0.3 is 6.61 Å². The fourth-order valence-electron chi connectivity index (χ4n) is 3.24. The van der Waals surface area contributed by atoms with Crippen molar-refractivity contribution in [1.82, 2.24) is 0 Å². The van der Waals surface area contributed by atoms with Crippen molar-refractivity contribution in [2.75, 3.05) is 6.61 Å². The average Bonchev–Trinajstić information content (AvgIpc) is 3.15. The summed E-state index contributed by atoms with van der Waals surface area (Å²) >= 11 is 0. The van der Waals surface area contributed by atoms with Crippen molar-refractivity contribution in [2.45, 2.75) is 56.3 Å². The molecule has 1 aromatic rings. The second-order valence-corrected chi connectivity index (χ2v) is 6.70. The van der Waals surface area contributed by atoms with Crippen molar-refractivity contribution in [3.05, 3.63) is 29.8 Å². The summed E-state index contributed by atoms with van der Waals surface area (Å²) in [5.41, 5.74) is 0.172. The van der Waals surface area contributed by atoms with E-state index in [1.807, 2.05) is 0 Å². The molecule has 0 bridgehead atoms. The van der Waals surface area contributed by atoms with Crippen LogP contribution in [0.4, 0.5) is 8.78 Å². The lowest BCUT2D eigenvalue weighted by Gasteiger charge is -2.33. The van der Waals surface area contributed by atoms with E-state index in [0.717, 1.165) is 24.2 Å². The summed E-state index contributed by atoms with van der Waals surface area (Å²) in [7, 11) is 0. The molecule has 1 aromatic carbocycles. The Balaban J connectivity index is 0.000000281. The summed E-state index contributed by atoms with van der Waals surface area (Å²) in [6.45, 7) is -1.79. The first-order valence-corrected chi connectivity index (χ1v) is 8.29. The minimum atomic E-state index is -2.85. The topological polar surface area (TPSA) is 62.5 Å². The number of hydrogen-bond donors (Lipinski definition) is 1. The summed E-state index contributed by atoms with van der Waals surface area (Å²) in [5, 5.41) is 18.9. The number of hydrogen-bond acceptors (Lipinski definition) is 4. The standard InChI is InChI=1S/C14H15F2NO2.C4H6O/c15-13(16)19-12-3-1-10(2-4-12)14(9-17)7-5-11(18)6-8-14;1-3-2-5-4(1)3/h1-4,11,13,18H,5-8H2;3-4H,1-2H2. The zero-order valence-electron chi connectivity index (χ0n) is 13.3. The molecule has 2 aliphatic carbocycles. The molecule has 0 amide bonds. The third-order valence-corrected chi connectivity index (χ3v) is 5.04. The third kappa shape index (κ3) is 3.85. The van der Waals surface area contributed by atoms with E-state index in [2.05, 4.69) is 10.8 Å². The van der Waals surface area contributed by atoms with Crippen molar-refractivity contribution < 1.29 is 23.4 Å². The van der Waals surface area contributed by atoms with Crippen LogP contribution in [0.15, 0.2) is 24.3 Å². The average molecular weight is 337 g/mol. The minimum absolute atomic E-state index is 0.0858. The van der Waals surface area contributed by atoms with Crippen LogP contribution in [0.1, 0.15) is 37.7 Å². The molecule has 1 N–H and O–H groups in total. The molecule has 0 radical (unpaired) electrons. The molecule has 0 spiro atoms. The van der Waals surface area contributed by atoms with E-state index in [4.69, 9.17) is 4.74 Å². The van der Waals surface area contributed by atoms with Crippen LogP contribution >= 0.6 is 0 Å². The molecule has 2 unspecified atom stereocenters. The lowest BCUT2D eigenvalue weighted by atomic mass is 9.70. The lowest BCUT2D eigenvalue weighted by Crippen LogP contribution is -2.32. The first kappa shape index (κ1) is 17.1.